The van der Waals surface area contributed by atoms with Gasteiger partial charge in [0.15, 0.2) is 0 Å². The van der Waals surface area contributed by atoms with Crippen LogP contribution in [0.1, 0.15) is 31.8 Å². The highest BCUT2D eigenvalue weighted by Gasteiger charge is 2.35. The summed E-state index contributed by atoms with van der Waals surface area (Å²) in [5.74, 6) is -1.27. The second-order valence-electron chi connectivity index (χ2n) is 6.05. The number of anilines is 1. The van der Waals surface area contributed by atoms with Crippen molar-refractivity contribution in [3.05, 3.63) is 64.7 Å². The number of nitrogens with one attached hydrogen (secondary N) is 1. The van der Waals surface area contributed by atoms with E-state index in [4.69, 9.17) is 0 Å². The van der Waals surface area contributed by atoms with Crippen LogP contribution < -0.4 is 4.72 Å². The molecule has 130 valence electrons. The van der Waals surface area contributed by atoms with Crippen molar-refractivity contribution < 1.29 is 18.0 Å². The van der Waals surface area contributed by atoms with Crippen molar-refractivity contribution >= 4 is 27.5 Å². The minimum absolute atomic E-state index is 0.188. The Morgan fingerprint density at radius 3 is 2.16 bits per heavy atom. The van der Waals surface area contributed by atoms with Crippen LogP contribution in [0.4, 0.5) is 5.69 Å². The number of sulfonamides is 1. The van der Waals surface area contributed by atoms with Gasteiger partial charge in [-0.05, 0) is 43.2 Å². The highest BCUT2D eigenvalue weighted by atomic mass is 32.2. The minimum atomic E-state index is -3.69. The molecular weight excluding hydrogens is 340 g/mol. The van der Waals surface area contributed by atoms with Gasteiger partial charge in [-0.15, -0.1) is 0 Å². The van der Waals surface area contributed by atoms with Gasteiger partial charge in [-0.1, -0.05) is 24.3 Å². The molecule has 0 radical (unpaired) electrons. The first kappa shape index (κ1) is 17.2. The predicted molar refractivity (Wildman–Crippen MR) is 95.1 cm³/mol. The quantitative estimate of drug-likeness (QED) is 0.832. The average Bonchev–Trinajstić information content (AvgIpc) is 2.81. The summed E-state index contributed by atoms with van der Waals surface area (Å²) in [6.07, 6.45) is 0. The van der Waals surface area contributed by atoms with Crippen LogP contribution in [0.2, 0.25) is 0 Å². The van der Waals surface area contributed by atoms with Crippen LogP contribution in [-0.4, -0.2) is 37.4 Å². The van der Waals surface area contributed by atoms with Crippen molar-refractivity contribution in [2.45, 2.75) is 13.8 Å². The maximum atomic E-state index is 12.3. The normalized spacial score (nSPS) is 13.9. The van der Waals surface area contributed by atoms with E-state index in [0.29, 0.717) is 16.8 Å². The number of carbonyl (C=O) groups excluding carboxylic acids is 2. The number of benzene rings is 2. The Morgan fingerprint density at radius 2 is 1.56 bits per heavy atom. The van der Waals surface area contributed by atoms with Crippen molar-refractivity contribution in [1.82, 2.24) is 4.90 Å². The number of hydrogen-bond acceptors (Lipinski definition) is 4. The van der Waals surface area contributed by atoms with Crippen LogP contribution in [0.25, 0.3) is 0 Å². The first-order chi connectivity index (χ1) is 11.8. The third kappa shape index (κ3) is 3.41. The second-order valence-corrected chi connectivity index (χ2v) is 7.89. The van der Waals surface area contributed by atoms with Gasteiger partial charge in [-0.25, -0.2) is 8.42 Å². The van der Waals surface area contributed by atoms with Crippen LogP contribution in [0.15, 0.2) is 42.5 Å². The maximum Gasteiger partial charge on any atom is 0.261 e. The van der Waals surface area contributed by atoms with Crippen molar-refractivity contribution in [2.24, 2.45) is 0 Å². The highest BCUT2D eigenvalue weighted by molar-refractivity contribution is 7.92. The molecule has 0 bridgehead atoms. The smallest absolute Gasteiger partial charge is 0.261 e. The zero-order valence-corrected chi connectivity index (χ0v) is 14.8. The summed E-state index contributed by atoms with van der Waals surface area (Å²) in [5.41, 5.74) is 2.86. The summed E-state index contributed by atoms with van der Waals surface area (Å²) in [6, 6.07) is 12.0. The van der Waals surface area contributed by atoms with E-state index in [1.165, 1.54) is 0 Å². The fourth-order valence-electron chi connectivity index (χ4n) is 2.72. The topological polar surface area (TPSA) is 83.6 Å². The highest BCUT2D eigenvalue weighted by Crippen LogP contribution is 2.23. The van der Waals surface area contributed by atoms with Crippen LogP contribution in [0.3, 0.4) is 0 Å². The lowest BCUT2D eigenvalue weighted by atomic mass is 10.1. The fourth-order valence-corrected chi connectivity index (χ4v) is 3.80. The molecule has 2 aromatic rings. The lowest BCUT2D eigenvalue weighted by Gasteiger charge is -2.15. The van der Waals surface area contributed by atoms with Gasteiger partial charge in [-0.3, -0.25) is 19.2 Å². The maximum absolute atomic E-state index is 12.3. The monoisotopic (exact) mass is 358 g/mol. The van der Waals surface area contributed by atoms with E-state index in [9.17, 15) is 18.0 Å². The number of rotatable bonds is 5. The van der Waals surface area contributed by atoms with Gasteiger partial charge in [0.25, 0.3) is 11.8 Å². The lowest BCUT2D eigenvalue weighted by Crippen LogP contribution is -2.35. The van der Waals surface area contributed by atoms with Gasteiger partial charge in [0.2, 0.25) is 10.0 Å². The molecule has 2 aromatic carbocycles. The molecular formula is C18H18N2O4S. The molecule has 0 saturated carbocycles. The van der Waals surface area contributed by atoms with E-state index >= 15 is 0 Å². The zero-order chi connectivity index (χ0) is 18.2. The molecule has 0 aliphatic carbocycles. The first-order valence-corrected chi connectivity index (χ1v) is 9.47. The Morgan fingerprint density at radius 1 is 0.960 bits per heavy atom. The van der Waals surface area contributed by atoms with Crippen molar-refractivity contribution in [1.29, 1.82) is 0 Å². The Bertz CT molecular complexity index is 932. The number of hydrogen-bond donors (Lipinski definition) is 1. The molecule has 25 heavy (non-hydrogen) atoms. The summed E-state index contributed by atoms with van der Waals surface area (Å²) in [7, 11) is -3.69. The minimum Gasteiger partial charge on any atom is -0.283 e. The molecule has 1 aliphatic rings. The van der Waals surface area contributed by atoms with Gasteiger partial charge in [-0.2, -0.15) is 0 Å². The number of nitrogens with zero attached hydrogens (tertiary/aromatic N) is 1. The van der Waals surface area contributed by atoms with Crippen molar-refractivity contribution in [3.8, 4) is 0 Å². The molecule has 1 heterocycles. The number of imide groups is 1. The zero-order valence-electron chi connectivity index (χ0n) is 13.9. The van der Waals surface area contributed by atoms with Crippen LogP contribution in [-0.2, 0) is 10.0 Å². The third-order valence-corrected chi connectivity index (χ3v) is 5.37. The van der Waals surface area contributed by atoms with Crippen molar-refractivity contribution in [2.75, 3.05) is 17.0 Å². The van der Waals surface area contributed by atoms with Gasteiger partial charge < -0.3 is 0 Å². The summed E-state index contributed by atoms with van der Waals surface area (Å²) in [4.78, 5) is 25.5. The molecule has 0 aromatic heterocycles. The van der Waals surface area contributed by atoms with Gasteiger partial charge in [0.1, 0.15) is 0 Å². The Labute approximate surface area is 146 Å². The SMILES string of the molecule is Cc1ccc(C)c(NS(=O)(=O)CCN2C(=O)c3ccccc3C2=O)c1. The average molecular weight is 358 g/mol. The largest absolute Gasteiger partial charge is 0.283 e. The fraction of sp³-hybridized carbons (Fsp3) is 0.222. The predicted octanol–water partition coefficient (Wildman–Crippen LogP) is 2.34. The number of aryl methyl sites for hydroxylation is 2. The molecule has 0 fully saturated rings. The summed E-state index contributed by atoms with van der Waals surface area (Å²) in [5, 5.41) is 0. The van der Waals surface area contributed by atoms with E-state index in [1.54, 1.807) is 37.3 Å². The van der Waals surface area contributed by atoms with E-state index < -0.39 is 21.8 Å². The molecule has 0 saturated heterocycles. The number of amides is 2. The standard InChI is InChI=1S/C18H18N2O4S/c1-12-7-8-13(2)16(11-12)19-25(23,24)10-9-20-17(21)14-5-3-4-6-15(14)18(20)22/h3-8,11,19H,9-10H2,1-2H3. The van der Waals surface area contributed by atoms with Gasteiger partial charge in [0.05, 0.1) is 22.6 Å². The molecule has 7 heteroatoms. The van der Waals surface area contributed by atoms with Crippen LogP contribution in [0.5, 0.6) is 0 Å². The summed E-state index contributed by atoms with van der Waals surface area (Å²) >= 11 is 0. The van der Waals surface area contributed by atoms with E-state index in [0.717, 1.165) is 16.0 Å². The molecule has 3 rings (SSSR count). The molecule has 1 N–H and O–H groups in total. The molecule has 0 atom stereocenters. The summed E-state index contributed by atoms with van der Waals surface area (Å²) in [6.45, 7) is 3.49. The number of fused-ring (bicyclic) bond motifs is 1. The molecule has 0 unspecified atom stereocenters. The second kappa shape index (κ2) is 6.33. The Balaban J connectivity index is 1.72. The Hall–Kier alpha value is -2.67. The number of carbonyl (C=O) groups is 2. The van der Waals surface area contributed by atoms with Gasteiger partial charge in [0, 0.05) is 6.54 Å². The van der Waals surface area contributed by atoms with Crippen LogP contribution in [0, 0.1) is 13.8 Å². The Kier molecular flexibility index (Phi) is 4.34. The van der Waals surface area contributed by atoms with E-state index in [2.05, 4.69) is 4.72 Å². The van der Waals surface area contributed by atoms with Crippen LogP contribution >= 0.6 is 0 Å². The first-order valence-electron chi connectivity index (χ1n) is 7.81. The molecule has 0 spiro atoms. The summed E-state index contributed by atoms with van der Waals surface area (Å²) < 4.78 is 27.2. The third-order valence-electron chi connectivity index (χ3n) is 4.12. The van der Waals surface area contributed by atoms with E-state index in [1.807, 2.05) is 19.1 Å². The lowest BCUT2D eigenvalue weighted by molar-refractivity contribution is 0.0664. The molecule has 2 amide bonds. The van der Waals surface area contributed by atoms with Crippen molar-refractivity contribution in [3.63, 3.8) is 0 Å². The van der Waals surface area contributed by atoms with Gasteiger partial charge >= 0.3 is 0 Å². The van der Waals surface area contributed by atoms with E-state index in [-0.39, 0.29) is 12.3 Å². The molecule has 1 aliphatic heterocycles. The molecule has 6 nitrogen and oxygen atoms in total.